The monoisotopic (exact) mass is 410 g/mol. The Morgan fingerprint density at radius 3 is 1.37 bits per heavy atom. The quantitative estimate of drug-likeness (QED) is 0.735. The van der Waals surface area contributed by atoms with Crippen molar-refractivity contribution in [2.24, 2.45) is 0 Å². The number of nitrogens with zero attached hydrogens (tertiary/aromatic N) is 2. The van der Waals surface area contributed by atoms with Gasteiger partial charge in [-0.25, -0.2) is 0 Å². The van der Waals surface area contributed by atoms with E-state index in [4.69, 9.17) is 9.47 Å². The highest BCUT2D eigenvalue weighted by Crippen LogP contribution is 2.18. The standard InChI is InChI=1S/C24H30N2O4/c1-17-5-7-21(13-19(17)3)29-15-23(27)25-9-11-26(12-10-25)24(28)16-30-22-8-6-18(2)20(4)14-22/h5-8,13-14H,9-12,15-16H2,1-4H3. The molecule has 1 fully saturated rings. The predicted molar refractivity (Wildman–Crippen MR) is 116 cm³/mol. The number of amides is 2. The Hall–Kier alpha value is -3.02. The van der Waals surface area contributed by atoms with Crippen LogP contribution in [0.25, 0.3) is 0 Å². The summed E-state index contributed by atoms with van der Waals surface area (Å²) >= 11 is 0. The molecule has 0 radical (unpaired) electrons. The van der Waals surface area contributed by atoms with Gasteiger partial charge in [-0.05, 0) is 74.2 Å². The highest BCUT2D eigenvalue weighted by Gasteiger charge is 2.24. The SMILES string of the molecule is Cc1ccc(OCC(=O)N2CCN(C(=O)COc3ccc(C)c(C)c3)CC2)cc1C. The molecule has 30 heavy (non-hydrogen) atoms. The molecule has 1 heterocycles. The third kappa shape index (κ3) is 5.53. The zero-order valence-electron chi connectivity index (χ0n) is 18.2. The number of hydrogen-bond acceptors (Lipinski definition) is 4. The lowest BCUT2D eigenvalue weighted by atomic mass is 10.1. The minimum atomic E-state index is -0.0632. The average molecular weight is 411 g/mol. The highest BCUT2D eigenvalue weighted by molar-refractivity contribution is 5.80. The Bertz CT molecular complexity index is 842. The van der Waals surface area contributed by atoms with E-state index in [2.05, 4.69) is 0 Å². The van der Waals surface area contributed by atoms with Crippen LogP contribution in [-0.2, 0) is 9.59 Å². The predicted octanol–water partition coefficient (Wildman–Crippen LogP) is 3.05. The summed E-state index contributed by atoms with van der Waals surface area (Å²) in [5.41, 5.74) is 4.65. The van der Waals surface area contributed by atoms with Crippen LogP contribution in [0.1, 0.15) is 22.3 Å². The zero-order valence-corrected chi connectivity index (χ0v) is 18.2. The maximum atomic E-state index is 12.4. The minimum Gasteiger partial charge on any atom is -0.484 e. The van der Waals surface area contributed by atoms with E-state index < -0.39 is 0 Å². The van der Waals surface area contributed by atoms with Crippen LogP contribution in [0.3, 0.4) is 0 Å². The van der Waals surface area contributed by atoms with Crippen molar-refractivity contribution < 1.29 is 19.1 Å². The van der Waals surface area contributed by atoms with E-state index in [1.165, 1.54) is 11.1 Å². The second-order valence-corrected chi connectivity index (χ2v) is 7.83. The Balaban J connectivity index is 1.41. The largest absolute Gasteiger partial charge is 0.484 e. The first-order valence-electron chi connectivity index (χ1n) is 10.3. The molecule has 2 amide bonds. The van der Waals surface area contributed by atoms with Crippen molar-refractivity contribution in [3.63, 3.8) is 0 Å². The van der Waals surface area contributed by atoms with Gasteiger partial charge in [-0.15, -0.1) is 0 Å². The Morgan fingerprint density at radius 1 is 0.667 bits per heavy atom. The molecule has 0 aromatic heterocycles. The molecule has 3 rings (SSSR count). The van der Waals surface area contributed by atoms with Gasteiger partial charge in [0.1, 0.15) is 11.5 Å². The van der Waals surface area contributed by atoms with Crippen LogP contribution < -0.4 is 9.47 Å². The molecule has 6 heteroatoms. The van der Waals surface area contributed by atoms with E-state index in [-0.39, 0.29) is 25.0 Å². The normalized spacial score (nSPS) is 13.9. The van der Waals surface area contributed by atoms with Gasteiger partial charge in [0.05, 0.1) is 0 Å². The molecule has 0 bridgehead atoms. The van der Waals surface area contributed by atoms with Gasteiger partial charge in [0.25, 0.3) is 11.8 Å². The van der Waals surface area contributed by atoms with Crippen LogP contribution in [0.4, 0.5) is 0 Å². The number of benzene rings is 2. The Kier molecular flexibility index (Phi) is 6.98. The van der Waals surface area contributed by atoms with E-state index in [9.17, 15) is 9.59 Å². The summed E-state index contributed by atoms with van der Waals surface area (Å²) in [6, 6.07) is 11.6. The van der Waals surface area contributed by atoms with Gasteiger partial charge in [-0.3, -0.25) is 9.59 Å². The van der Waals surface area contributed by atoms with E-state index >= 15 is 0 Å². The zero-order chi connectivity index (χ0) is 21.7. The molecule has 2 aromatic carbocycles. The van der Waals surface area contributed by atoms with Crippen molar-refractivity contribution >= 4 is 11.8 Å². The molecule has 0 N–H and O–H groups in total. The van der Waals surface area contributed by atoms with Crippen LogP contribution in [0.2, 0.25) is 0 Å². The smallest absolute Gasteiger partial charge is 0.260 e. The second kappa shape index (κ2) is 9.65. The Morgan fingerprint density at radius 2 is 1.03 bits per heavy atom. The van der Waals surface area contributed by atoms with Crippen molar-refractivity contribution in [3.8, 4) is 11.5 Å². The van der Waals surface area contributed by atoms with Crippen molar-refractivity contribution in [1.82, 2.24) is 9.80 Å². The van der Waals surface area contributed by atoms with Crippen molar-refractivity contribution in [1.29, 1.82) is 0 Å². The summed E-state index contributed by atoms with van der Waals surface area (Å²) < 4.78 is 11.3. The maximum Gasteiger partial charge on any atom is 0.260 e. The number of piperazine rings is 1. The number of aryl methyl sites for hydroxylation is 4. The molecule has 0 atom stereocenters. The highest BCUT2D eigenvalue weighted by atomic mass is 16.5. The minimum absolute atomic E-state index is 0.00628. The van der Waals surface area contributed by atoms with Gasteiger partial charge >= 0.3 is 0 Å². The van der Waals surface area contributed by atoms with Crippen LogP contribution in [0.5, 0.6) is 11.5 Å². The van der Waals surface area contributed by atoms with Crippen molar-refractivity contribution in [2.75, 3.05) is 39.4 Å². The molecule has 1 aliphatic rings. The Labute approximate surface area is 178 Å². The molecular formula is C24H30N2O4. The second-order valence-electron chi connectivity index (χ2n) is 7.83. The molecule has 1 aliphatic heterocycles. The lowest BCUT2D eigenvalue weighted by molar-refractivity contribution is -0.141. The lowest BCUT2D eigenvalue weighted by Crippen LogP contribution is -2.52. The number of hydrogen-bond donors (Lipinski definition) is 0. The summed E-state index contributed by atoms with van der Waals surface area (Å²) in [4.78, 5) is 28.4. The number of carbonyl (C=O) groups is 2. The summed E-state index contributed by atoms with van der Waals surface area (Å²) in [7, 11) is 0. The molecule has 160 valence electrons. The average Bonchev–Trinajstić information content (AvgIpc) is 2.75. The summed E-state index contributed by atoms with van der Waals surface area (Å²) in [6.07, 6.45) is 0. The number of ether oxygens (including phenoxy) is 2. The van der Waals surface area contributed by atoms with Crippen molar-refractivity contribution in [2.45, 2.75) is 27.7 Å². The van der Waals surface area contributed by atoms with Crippen LogP contribution in [0, 0.1) is 27.7 Å². The molecule has 1 saturated heterocycles. The van der Waals surface area contributed by atoms with Gasteiger partial charge in [-0.1, -0.05) is 12.1 Å². The number of rotatable bonds is 6. The maximum absolute atomic E-state index is 12.4. The summed E-state index contributed by atoms with van der Waals surface area (Å²) in [5, 5.41) is 0. The van der Waals surface area contributed by atoms with Gasteiger partial charge < -0.3 is 19.3 Å². The number of carbonyl (C=O) groups excluding carboxylic acids is 2. The first-order valence-corrected chi connectivity index (χ1v) is 10.3. The fraction of sp³-hybridized carbons (Fsp3) is 0.417. The van der Waals surface area contributed by atoms with Crippen LogP contribution >= 0.6 is 0 Å². The molecule has 6 nitrogen and oxygen atoms in total. The molecule has 0 aliphatic carbocycles. The summed E-state index contributed by atoms with van der Waals surface area (Å²) in [5.74, 6) is 1.27. The van der Waals surface area contributed by atoms with Gasteiger partial charge in [0, 0.05) is 26.2 Å². The molecule has 0 unspecified atom stereocenters. The first kappa shape index (κ1) is 21.7. The topological polar surface area (TPSA) is 59.1 Å². The molecule has 2 aromatic rings. The van der Waals surface area contributed by atoms with E-state index in [1.54, 1.807) is 9.80 Å². The summed E-state index contributed by atoms with van der Waals surface area (Å²) in [6.45, 7) is 10.1. The molecule has 0 spiro atoms. The van der Waals surface area contributed by atoms with E-state index in [1.807, 2.05) is 64.1 Å². The van der Waals surface area contributed by atoms with E-state index in [0.29, 0.717) is 37.7 Å². The molecule has 0 saturated carbocycles. The third-order valence-corrected chi connectivity index (χ3v) is 5.67. The van der Waals surface area contributed by atoms with Crippen LogP contribution in [0.15, 0.2) is 36.4 Å². The molecular weight excluding hydrogens is 380 g/mol. The van der Waals surface area contributed by atoms with Gasteiger partial charge in [0.15, 0.2) is 13.2 Å². The first-order chi connectivity index (χ1) is 14.3. The van der Waals surface area contributed by atoms with E-state index in [0.717, 1.165) is 11.1 Å². The van der Waals surface area contributed by atoms with Gasteiger partial charge in [0.2, 0.25) is 0 Å². The van der Waals surface area contributed by atoms with Gasteiger partial charge in [-0.2, -0.15) is 0 Å². The lowest BCUT2D eigenvalue weighted by Gasteiger charge is -2.34. The third-order valence-electron chi connectivity index (χ3n) is 5.67. The van der Waals surface area contributed by atoms with Crippen LogP contribution in [-0.4, -0.2) is 61.0 Å². The van der Waals surface area contributed by atoms with Crippen molar-refractivity contribution in [3.05, 3.63) is 58.7 Å². The fourth-order valence-corrected chi connectivity index (χ4v) is 3.29. The fourth-order valence-electron chi connectivity index (χ4n) is 3.29.